The van der Waals surface area contributed by atoms with E-state index in [1.54, 1.807) is 0 Å². The molecule has 2 N–H and O–H groups in total. The monoisotopic (exact) mass is 218 g/mol. The van der Waals surface area contributed by atoms with Crippen LogP contribution in [0.3, 0.4) is 0 Å². The molecule has 15 heavy (non-hydrogen) atoms. The molecule has 0 aliphatic heterocycles. The molecule has 0 aromatic carbocycles. The van der Waals surface area contributed by atoms with Crippen LogP contribution in [0, 0.1) is 0 Å². The van der Waals surface area contributed by atoms with Gasteiger partial charge >= 0.3 is 5.97 Å². The topological polar surface area (TPSA) is 66.8 Å². The molecule has 90 valence electrons. The van der Waals surface area contributed by atoms with Crippen molar-refractivity contribution in [1.82, 2.24) is 0 Å². The molecule has 4 heteroatoms. The Morgan fingerprint density at radius 2 is 1.93 bits per heavy atom. The second kappa shape index (κ2) is 8.68. The molecular weight excluding hydrogens is 196 g/mol. The van der Waals surface area contributed by atoms with Crippen molar-refractivity contribution < 1.29 is 19.7 Å². The zero-order valence-electron chi connectivity index (χ0n) is 9.61. The van der Waals surface area contributed by atoms with Gasteiger partial charge in [-0.05, 0) is 32.6 Å². The van der Waals surface area contributed by atoms with E-state index < -0.39 is 12.1 Å². The van der Waals surface area contributed by atoms with Crippen LogP contribution in [0.1, 0.15) is 46.0 Å². The fourth-order valence-corrected chi connectivity index (χ4v) is 1.16. The van der Waals surface area contributed by atoms with Crippen LogP contribution in [-0.2, 0) is 9.53 Å². The number of esters is 1. The quantitative estimate of drug-likeness (QED) is 0.475. The minimum atomic E-state index is -1.04. The maximum Gasteiger partial charge on any atom is 0.334 e. The van der Waals surface area contributed by atoms with Gasteiger partial charge in [0, 0.05) is 0 Å². The van der Waals surface area contributed by atoms with Gasteiger partial charge in [0.05, 0.1) is 12.7 Å². The third-order valence-electron chi connectivity index (χ3n) is 2.24. The van der Waals surface area contributed by atoms with E-state index in [-0.39, 0.29) is 6.10 Å². The highest BCUT2D eigenvalue weighted by atomic mass is 16.5. The molecule has 0 aliphatic carbocycles. The normalized spacial score (nSPS) is 14.7. The van der Waals surface area contributed by atoms with E-state index in [4.69, 9.17) is 9.84 Å². The number of rotatable bonds is 8. The summed E-state index contributed by atoms with van der Waals surface area (Å²) in [5, 5.41) is 18.1. The standard InChI is InChI=1S/C11H22O4/c1-3-10(13)7-5-4-6-8-15-11(14)9(2)12/h9-10,12-13H,3-8H2,1-2H3. The van der Waals surface area contributed by atoms with Crippen LogP contribution < -0.4 is 0 Å². The van der Waals surface area contributed by atoms with Crippen LogP contribution >= 0.6 is 0 Å². The van der Waals surface area contributed by atoms with Crippen molar-refractivity contribution in [3.05, 3.63) is 0 Å². The smallest absolute Gasteiger partial charge is 0.334 e. The van der Waals surface area contributed by atoms with Crippen molar-refractivity contribution in [2.45, 2.75) is 58.2 Å². The van der Waals surface area contributed by atoms with Gasteiger partial charge in [0.15, 0.2) is 0 Å². The van der Waals surface area contributed by atoms with Crippen molar-refractivity contribution in [3.8, 4) is 0 Å². The summed E-state index contributed by atoms with van der Waals surface area (Å²) in [7, 11) is 0. The van der Waals surface area contributed by atoms with E-state index in [1.165, 1.54) is 6.92 Å². The van der Waals surface area contributed by atoms with Crippen molar-refractivity contribution in [3.63, 3.8) is 0 Å². The highest BCUT2D eigenvalue weighted by molar-refractivity contribution is 5.73. The number of ether oxygens (including phenoxy) is 1. The van der Waals surface area contributed by atoms with E-state index in [0.29, 0.717) is 6.61 Å². The maximum absolute atomic E-state index is 10.8. The average molecular weight is 218 g/mol. The lowest BCUT2D eigenvalue weighted by Gasteiger charge is -2.08. The summed E-state index contributed by atoms with van der Waals surface area (Å²) in [6, 6.07) is 0. The molecule has 0 aliphatic rings. The molecule has 0 aromatic heterocycles. The molecular formula is C11H22O4. The Morgan fingerprint density at radius 1 is 1.27 bits per heavy atom. The van der Waals surface area contributed by atoms with Gasteiger partial charge in [0.1, 0.15) is 6.10 Å². The number of carbonyl (C=O) groups excluding carboxylic acids is 1. The Balaban J connectivity index is 3.22. The predicted molar refractivity (Wildman–Crippen MR) is 57.4 cm³/mol. The average Bonchev–Trinajstić information content (AvgIpc) is 2.22. The number of hydrogen-bond donors (Lipinski definition) is 2. The second-order valence-corrected chi connectivity index (χ2v) is 3.75. The molecule has 0 rings (SSSR count). The van der Waals surface area contributed by atoms with E-state index in [0.717, 1.165) is 32.1 Å². The van der Waals surface area contributed by atoms with E-state index >= 15 is 0 Å². The van der Waals surface area contributed by atoms with Crippen LogP contribution in [0.2, 0.25) is 0 Å². The first-order valence-corrected chi connectivity index (χ1v) is 5.60. The molecule has 0 spiro atoms. The lowest BCUT2D eigenvalue weighted by Crippen LogP contribution is -2.19. The van der Waals surface area contributed by atoms with Gasteiger partial charge in [0.2, 0.25) is 0 Å². The largest absolute Gasteiger partial charge is 0.464 e. The summed E-state index contributed by atoms with van der Waals surface area (Å²) in [6.07, 6.45) is 3.02. The molecule has 0 radical (unpaired) electrons. The van der Waals surface area contributed by atoms with E-state index in [1.807, 2.05) is 6.92 Å². The van der Waals surface area contributed by atoms with Gasteiger partial charge in [-0.15, -0.1) is 0 Å². The Kier molecular flexibility index (Phi) is 8.33. The Bertz CT molecular complexity index is 168. The minimum Gasteiger partial charge on any atom is -0.464 e. The summed E-state index contributed by atoms with van der Waals surface area (Å²) in [5.74, 6) is -0.566. The van der Waals surface area contributed by atoms with Gasteiger partial charge in [0.25, 0.3) is 0 Å². The maximum atomic E-state index is 10.8. The zero-order chi connectivity index (χ0) is 11.7. The first-order chi connectivity index (χ1) is 7.07. The van der Waals surface area contributed by atoms with Crippen molar-refractivity contribution in [2.24, 2.45) is 0 Å². The molecule has 4 nitrogen and oxygen atoms in total. The number of unbranched alkanes of at least 4 members (excludes halogenated alkanes) is 2. The van der Waals surface area contributed by atoms with E-state index in [9.17, 15) is 9.90 Å². The number of hydrogen-bond acceptors (Lipinski definition) is 4. The number of aliphatic hydroxyl groups excluding tert-OH is 2. The lowest BCUT2D eigenvalue weighted by atomic mass is 10.1. The Labute approximate surface area is 91.3 Å². The van der Waals surface area contributed by atoms with Gasteiger partial charge in [-0.1, -0.05) is 13.3 Å². The van der Waals surface area contributed by atoms with Crippen molar-refractivity contribution in [2.75, 3.05) is 6.61 Å². The summed E-state index contributed by atoms with van der Waals surface area (Å²) in [4.78, 5) is 10.8. The van der Waals surface area contributed by atoms with Gasteiger partial charge in [-0.2, -0.15) is 0 Å². The molecule has 0 saturated carbocycles. The van der Waals surface area contributed by atoms with Gasteiger partial charge in [-0.3, -0.25) is 0 Å². The lowest BCUT2D eigenvalue weighted by molar-refractivity contribution is -0.152. The SMILES string of the molecule is CCC(O)CCCCCOC(=O)C(C)O. The third kappa shape index (κ3) is 8.39. The molecule has 0 aromatic rings. The number of carbonyl (C=O) groups is 1. The molecule has 0 saturated heterocycles. The summed E-state index contributed by atoms with van der Waals surface area (Å²) in [5.41, 5.74) is 0. The first-order valence-electron chi connectivity index (χ1n) is 5.60. The highest BCUT2D eigenvalue weighted by Gasteiger charge is 2.09. The molecule has 0 fully saturated rings. The van der Waals surface area contributed by atoms with Crippen LogP contribution in [0.15, 0.2) is 0 Å². The summed E-state index contributed by atoms with van der Waals surface area (Å²) in [6.45, 7) is 3.70. The Morgan fingerprint density at radius 3 is 2.47 bits per heavy atom. The number of aliphatic hydroxyl groups is 2. The predicted octanol–water partition coefficient (Wildman–Crippen LogP) is 1.24. The van der Waals surface area contributed by atoms with E-state index in [2.05, 4.69) is 0 Å². The third-order valence-corrected chi connectivity index (χ3v) is 2.24. The van der Waals surface area contributed by atoms with Gasteiger partial charge < -0.3 is 14.9 Å². The summed E-state index contributed by atoms with van der Waals surface area (Å²) < 4.78 is 4.79. The highest BCUT2D eigenvalue weighted by Crippen LogP contribution is 2.06. The molecule has 0 heterocycles. The fraction of sp³-hybridized carbons (Fsp3) is 0.909. The van der Waals surface area contributed by atoms with Crippen LogP contribution in [-0.4, -0.2) is 35.0 Å². The molecule has 0 bridgehead atoms. The molecule has 2 unspecified atom stereocenters. The van der Waals surface area contributed by atoms with Gasteiger partial charge in [-0.25, -0.2) is 4.79 Å². The Hall–Kier alpha value is -0.610. The van der Waals surface area contributed by atoms with Crippen molar-refractivity contribution >= 4 is 5.97 Å². The minimum absolute atomic E-state index is 0.204. The first kappa shape index (κ1) is 14.4. The van der Waals surface area contributed by atoms with Crippen LogP contribution in [0.4, 0.5) is 0 Å². The van der Waals surface area contributed by atoms with Crippen LogP contribution in [0.5, 0.6) is 0 Å². The molecule has 0 amide bonds. The zero-order valence-corrected chi connectivity index (χ0v) is 9.61. The summed E-state index contributed by atoms with van der Waals surface area (Å²) >= 11 is 0. The second-order valence-electron chi connectivity index (χ2n) is 3.75. The fourth-order valence-electron chi connectivity index (χ4n) is 1.16. The van der Waals surface area contributed by atoms with Crippen LogP contribution in [0.25, 0.3) is 0 Å². The van der Waals surface area contributed by atoms with Crippen molar-refractivity contribution in [1.29, 1.82) is 0 Å². The molecule has 2 atom stereocenters.